The van der Waals surface area contributed by atoms with Crippen LogP contribution in [-0.2, 0) is 26.2 Å². The van der Waals surface area contributed by atoms with Crippen molar-refractivity contribution in [3.05, 3.63) is 59.2 Å². The zero-order valence-electron chi connectivity index (χ0n) is 15.1. The van der Waals surface area contributed by atoms with E-state index in [9.17, 15) is 10.4 Å². The van der Waals surface area contributed by atoms with Crippen LogP contribution in [-0.4, -0.2) is 0 Å². The van der Waals surface area contributed by atoms with Gasteiger partial charge in [-0.2, -0.15) is 9.46 Å². The van der Waals surface area contributed by atoms with Crippen molar-refractivity contribution in [2.75, 3.05) is 0 Å². The number of pyridine rings is 2. The van der Waals surface area contributed by atoms with Crippen molar-refractivity contribution in [3.63, 3.8) is 0 Å². The van der Waals surface area contributed by atoms with Crippen LogP contribution in [0.5, 0.6) is 0 Å². The van der Waals surface area contributed by atoms with Gasteiger partial charge in [0.15, 0.2) is 12.4 Å². The first kappa shape index (κ1) is 40.3. The summed E-state index contributed by atoms with van der Waals surface area (Å²) in [7, 11) is -8.89. The molecule has 0 amide bonds. The molecular weight excluding hydrogens is 669 g/mol. The molecule has 0 atom stereocenters. The fraction of sp³-hybridized carbons (Fsp3) is 0. The second-order valence-electron chi connectivity index (χ2n) is 3.65. The number of hydrogen-bond donors (Lipinski definition) is 0. The summed E-state index contributed by atoms with van der Waals surface area (Å²) in [6, 6.07) is 10.3. The smallest absolute Gasteiger partial charge is 0.618 e. The predicted octanol–water partition coefficient (Wildman–Crippen LogP) is -12.5. The summed E-state index contributed by atoms with van der Waals surface area (Å²) >= 11 is 0. The van der Waals surface area contributed by atoms with Crippen molar-refractivity contribution in [2.24, 2.45) is 0 Å². The molecule has 0 fully saturated rings. The van der Waals surface area contributed by atoms with Gasteiger partial charge in [0.2, 0.25) is 0 Å². The van der Waals surface area contributed by atoms with Crippen LogP contribution >= 0.6 is 21.6 Å². The van der Waals surface area contributed by atoms with E-state index in [4.69, 9.17) is 55.9 Å². The zero-order chi connectivity index (χ0) is 25.7. The standard InChI is InChI=1S/C10H8N2O2S2.4ClO3.Zr/c13-11-7-3-1-5-9(11)15-16-10-6-2-4-8-12(10)14;4*2-1(3)4;/h1-8H;;;;;/q;4*-1;+4. The van der Waals surface area contributed by atoms with E-state index in [0.717, 1.165) is 9.46 Å². The summed E-state index contributed by atoms with van der Waals surface area (Å²) in [5, 5.41) is 23.8. The Morgan fingerprint density at radius 1 is 0.485 bits per heavy atom. The van der Waals surface area contributed by atoms with Gasteiger partial charge in [0.25, 0.3) is 10.1 Å². The summed E-state index contributed by atoms with van der Waals surface area (Å²) in [4.78, 5) is 0. The van der Waals surface area contributed by atoms with Crippen LogP contribution in [0.3, 0.4) is 0 Å². The summed E-state index contributed by atoms with van der Waals surface area (Å²) in [5.41, 5.74) is 0. The third-order valence-electron chi connectivity index (χ3n) is 1.79. The Labute approximate surface area is 224 Å². The molecule has 0 bridgehead atoms. The molecule has 0 aliphatic heterocycles. The van der Waals surface area contributed by atoms with E-state index in [1.54, 1.807) is 36.4 Å². The maximum absolute atomic E-state index is 11.3. The van der Waals surface area contributed by atoms with E-state index in [-0.39, 0.29) is 26.2 Å². The van der Waals surface area contributed by atoms with Crippen molar-refractivity contribution in [2.45, 2.75) is 10.1 Å². The number of rotatable bonds is 3. The van der Waals surface area contributed by atoms with Crippen molar-refractivity contribution in [1.82, 2.24) is 0 Å². The normalized spacial score (nSPS) is 9.33. The SMILES string of the molecule is [O-][Cl+2]([O-])[O-].[O-][Cl+2]([O-])[O-].[O-][Cl+2]([O-])[O-].[O-][Cl+2]([O-])[O-].[O-][n+]1ccccc1SSc1cccc[n+]1[O-].[Zr+4]. The fourth-order valence-corrected chi connectivity index (χ4v) is 3.03. The third-order valence-corrected chi connectivity index (χ3v) is 4.12. The fourth-order valence-electron chi connectivity index (χ4n) is 1.04. The van der Waals surface area contributed by atoms with Crippen LogP contribution in [0.4, 0.5) is 0 Å². The van der Waals surface area contributed by atoms with Crippen LogP contribution in [0.25, 0.3) is 0 Å². The Morgan fingerprint density at radius 3 is 0.879 bits per heavy atom. The van der Waals surface area contributed by atoms with Gasteiger partial charge in [0, 0.05) is 45.9 Å². The van der Waals surface area contributed by atoms with Gasteiger partial charge in [-0.15, -0.1) is 0 Å². The molecule has 0 N–H and O–H groups in total. The predicted molar refractivity (Wildman–Crippen MR) is 62.5 cm³/mol. The van der Waals surface area contributed by atoms with Gasteiger partial charge in [-0.1, -0.05) is 0 Å². The van der Waals surface area contributed by atoms with E-state index >= 15 is 0 Å². The molecule has 0 saturated heterocycles. The zero-order valence-corrected chi connectivity index (χ0v) is 22.2. The van der Waals surface area contributed by atoms with Crippen LogP contribution in [0.15, 0.2) is 58.8 Å². The van der Waals surface area contributed by atoms with Gasteiger partial charge in [-0.25, -0.2) is 0 Å². The minimum absolute atomic E-state index is 0. The summed E-state index contributed by atoms with van der Waals surface area (Å²) in [6.07, 6.45) is 2.86. The monoisotopic (exact) mass is 674 g/mol. The minimum atomic E-state index is -2.85. The minimum Gasteiger partial charge on any atom is -0.618 e. The number of nitrogens with zero attached hydrogens (tertiary/aromatic N) is 2. The van der Waals surface area contributed by atoms with E-state index in [1.165, 1.54) is 34.0 Å². The molecule has 23 heteroatoms. The third kappa shape index (κ3) is 39.7. The molecule has 16 nitrogen and oxygen atoms in total. The van der Waals surface area contributed by atoms with Crippen LogP contribution < -0.4 is 65.4 Å². The topological polar surface area (TPSA) is 331 Å². The Kier molecular flexibility index (Phi) is 32.7. The first-order valence-corrected chi connectivity index (χ1v) is 12.2. The molecule has 0 aromatic carbocycles. The first-order valence-electron chi connectivity index (χ1n) is 6.33. The maximum Gasteiger partial charge on any atom is 4.00 e. The second-order valence-corrected chi connectivity index (χ2v) is 7.33. The van der Waals surface area contributed by atoms with E-state index in [0.29, 0.717) is 10.1 Å². The quantitative estimate of drug-likeness (QED) is 0.165. The molecule has 2 aromatic rings. The molecule has 186 valence electrons. The van der Waals surface area contributed by atoms with Gasteiger partial charge in [0.1, 0.15) is 0 Å². The Hall–Kier alpha value is 0.163. The second kappa shape index (κ2) is 26.8. The average molecular weight is 677 g/mol. The van der Waals surface area contributed by atoms with Gasteiger partial charge >= 0.3 is 26.2 Å². The molecule has 2 rings (SSSR count). The molecule has 0 aliphatic carbocycles. The number of aromatic nitrogens is 2. The van der Waals surface area contributed by atoms with Crippen LogP contribution in [0.1, 0.15) is 0 Å². The maximum atomic E-state index is 11.3. The molecule has 0 unspecified atom stereocenters. The Bertz CT molecular complexity index is 619. The van der Waals surface area contributed by atoms with Gasteiger partial charge in [-0.05, 0) is 12.1 Å². The first-order chi connectivity index (χ1) is 14.7. The van der Waals surface area contributed by atoms with E-state index < -0.39 is 43.1 Å². The molecule has 2 aromatic heterocycles. The van der Waals surface area contributed by atoms with Gasteiger partial charge in [-0.3, -0.25) is 0 Å². The average Bonchev–Trinajstić information content (AvgIpc) is 2.60. The molecule has 0 radical (unpaired) electrons. The van der Waals surface area contributed by atoms with Gasteiger partial charge < -0.3 is 66.3 Å². The number of halogens is 4. The molecule has 0 saturated carbocycles. The summed E-state index contributed by atoms with van der Waals surface area (Å²) in [5.74, 6) is 0. The Balaban J connectivity index is -0.000000205. The molecule has 33 heavy (non-hydrogen) atoms. The number of hydrogen-bond acceptors (Lipinski definition) is 16. The summed E-state index contributed by atoms with van der Waals surface area (Å²) in [6.45, 7) is 0. The summed E-state index contributed by atoms with van der Waals surface area (Å²) < 4.78 is 102. The molecule has 2 heterocycles. The van der Waals surface area contributed by atoms with Crippen molar-refractivity contribution in [3.8, 4) is 0 Å². The molecule has 0 aliphatic rings. The molecular formula is C10H8Cl4N2O14S2Zr. The Morgan fingerprint density at radius 2 is 0.697 bits per heavy atom. The van der Waals surface area contributed by atoms with E-state index in [1.807, 2.05) is 0 Å². The largest absolute Gasteiger partial charge is 4.00 e. The van der Waals surface area contributed by atoms with E-state index in [2.05, 4.69) is 0 Å². The molecule has 0 spiro atoms. The van der Waals surface area contributed by atoms with Gasteiger partial charge in [0.05, 0.1) is 43.1 Å². The van der Waals surface area contributed by atoms with Crippen LogP contribution in [0, 0.1) is 53.6 Å². The van der Waals surface area contributed by atoms with Crippen LogP contribution in [0.2, 0.25) is 0 Å². The van der Waals surface area contributed by atoms with Crippen molar-refractivity contribution < 1.29 is 135 Å². The van der Waals surface area contributed by atoms with Crippen molar-refractivity contribution in [1.29, 1.82) is 0 Å². The van der Waals surface area contributed by atoms with Crippen molar-refractivity contribution >= 4 is 21.6 Å².